The SMILES string of the molecule is COc1ccccc1NC(=S)Nn1c(-c2ccccc2)nc2ccccc2c1=O. The summed E-state index contributed by atoms with van der Waals surface area (Å²) in [4.78, 5) is 17.9. The highest BCUT2D eigenvalue weighted by molar-refractivity contribution is 7.80. The quantitative estimate of drug-likeness (QED) is 0.503. The van der Waals surface area contributed by atoms with Gasteiger partial charge in [-0.2, -0.15) is 4.68 Å². The van der Waals surface area contributed by atoms with Crippen LogP contribution in [0.4, 0.5) is 5.69 Å². The van der Waals surface area contributed by atoms with Crippen molar-refractivity contribution in [2.24, 2.45) is 0 Å². The van der Waals surface area contributed by atoms with Gasteiger partial charge in [-0.15, -0.1) is 0 Å². The lowest BCUT2D eigenvalue weighted by molar-refractivity contribution is 0.417. The van der Waals surface area contributed by atoms with Crippen molar-refractivity contribution in [3.8, 4) is 17.1 Å². The third-order valence-electron chi connectivity index (χ3n) is 4.38. The summed E-state index contributed by atoms with van der Waals surface area (Å²) in [5, 5.41) is 3.81. The first-order valence-corrected chi connectivity index (χ1v) is 9.36. The first-order valence-electron chi connectivity index (χ1n) is 8.95. The molecule has 0 saturated heterocycles. The molecule has 0 aliphatic rings. The molecule has 0 atom stereocenters. The van der Waals surface area contributed by atoms with Crippen molar-refractivity contribution < 1.29 is 4.74 Å². The van der Waals surface area contributed by atoms with E-state index < -0.39 is 0 Å². The van der Waals surface area contributed by atoms with E-state index >= 15 is 0 Å². The van der Waals surface area contributed by atoms with Crippen molar-refractivity contribution in [1.29, 1.82) is 0 Å². The lowest BCUT2D eigenvalue weighted by Gasteiger charge is -2.17. The summed E-state index contributed by atoms with van der Waals surface area (Å²) in [5.74, 6) is 1.11. The van der Waals surface area contributed by atoms with Gasteiger partial charge in [0.15, 0.2) is 10.9 Å². The number of ether oxygens (including phenoxy) is 1. The van der Waals surface area contributed by atoms with Crippen LogP contribution in [0.1, 0.15) is 0 Å². The summed E-state index contributed by atoms with van der Waals surface area (Å²) in [5.41, 5.74) is 4.85. The molecular weight excluding hydrogens is 384 g/mol. The van der Waals surface area contributed by atoms with E-state index in [4.69, 9.17) is 17.0 Å². The fourth-order valence-corrected chi connectivity index (χ4v) is 3.22. The van der Waals surface area contributed by atoms with Gasteiger partial charge in [0, 0.05) is 5.56 Å². The number of nitrogens with one attached hydrogen (secondary N) is 2. The fraction of sp³-hybridized carbons (Fsp3) is 0.0455. The van der Waals surface area contributed by atoms with Crippen molar-refractivity contribution in [3.05, 3.63) is 89.2 Å². The van der Waals surface area contributed by atoms with Crippen molar-refractivity contribution in [2.75, 3.05) is 17.9 Å². The largest absolute Gasteiger partial charge is 0.495 e. The maximum Gasteiger partial charge on any atom is 0.280 e. The monoisotopic (exact) mass is 402 g/mol. The Hall–Kier alpha value is -3.71. The second-order valence-corrected chi connectivity index (χ2v) is 6.63. The molecule has 0 aliphatic carbocycles. The summed E-state index contributed by atoms with van der Waals surface area (Å²) in [6.07, 6.45) is 0. The number of hydrogen-bond acceptors (Lipinski definition) is 4. The number of para-hydroxylation sites is 3. The predicted molar refractivity (Wildman–Crippen MR) is 120 cm³/mol. The van der Waals surface area contributed by atoms with Crippen LogP contribution < -0.4 is 21.0 Å². The van der Waals surface area contributed by atoms with Gasteiger partial charge in [0.2, 0.25) is 0 Å². The van der Waals surface area contributed by atoms with Gasteiger partial charge in [-0.1, -0.05) is 54.6 Å². The number of fused-ring (bicyclic) bond motifs is 1. The summed E-state index contributed by atoms with van der Waals surface area (Å²) < 4.78 is 6.70. The Balaban J connectivity index is 1.77. The maximum atomic E-state index is 13.2. The minimum atomic E-state index is -0.237. The van der Waals surface area contributed by atoms with Gasteiger partial charge in [0.25, 0.3) is 5.56 Å². The van der Waals surface area contributed by atoms with Crippen LogP contribution in [-0.2, 0) is 0 Å². The van der Waals surface area contributed by atoms with Crippen LogP contribution in [0.3, 0.4) is 0 Å². The molecule has 4 aromatic rings. The molecule has 7 heteroatoms. The molecule has 0 aliphatic heterocycles. The van der Waals surface area contributed by atoms with Gasteiger partial charge >= 0.3 is 0 Å². The second-order valence-electron chi connectivity index (χ2n) is 6.23. The predicted octanol–water partition coefficient (Wildman–Crippen LogP) is 4.01. The van der Waals surface area contributed by atoms with Crippen molar-refractivity contribution >= 4 is 33.9 Å². The first kappa shape index (κ1) is 18.6. The molecule has 0 saturated carbocycles. The molecule has 1 heterocycles. The van der Waals surface area contributed by atoms with Crippen LogP contribution in [-0.4, -0.2) is 21.9 Å². The highest BCUT2D eigenvalue weighted by Gasteiger charge is 2.14. The highest BCUT2D eigenvalue weighted by atomic mass is 32.1. The number of anilines is 1. The molecule has 144 valence electrons. The number of rotatable bonds is 4. The average Bonchev–Trinajstić information content (AvgIpc) is 2.76. The number of nitrogens with zero attached hydrogens (tertiary/aromatic N) is 2. The number of methoxy groups -OCH3 is 1. The number of hydrogen-bond donors (Lipinski definition) is 2. The van der Waals surface area contributed by atoms with Crippen molar-refractivity contribution in [1.82, 2.24) is 9.66 Å². The average molecular weight is 402 g/mol. The molecule has 0 unspecified atom stereocenters. The first-order chi connectivity index (χ1) is 14.2. The summed E-state index contributed by atoms with van der Waals surface area (Å²) in [6.45, 7) is 0. The van der Waals surface area contributed by atoms with Gasteiger partial charge in [0.1, 0.15) is 5.75 Å². The maximum absolute atomic E-state index is 13.2. The van der Waals surface area contributed by atoms with Crippen LogP contribution in [0.15, 0.2) is 83.7 Å². The van der Waals surface area contributed by atoms with Gasteiger partial charge < -0.3 is 10.1 Å². The van der Waals surface area contributed by atoms with E-state index in [1.54, 1.807) is 13.2 Å². The summed E-state index contributed by atoms with van der Waals surface area (Å²) >= 11 is 5.45. The Morgan fingerprint density at radius 2 is 1.66 bits per heavy atom. The molecule has 1 aromatic heterocycles. The van der Waals surface area contributed by atoms with E-state index in [1.165, 1.54) is 4.68 Å². The van der Waals surface area contributed by atoms with E-state index in [9.17, 15) is 4.79 Å². The lowest BCUT2D eigenvalue weighted by Crippen LogP contribution is -2.37. The number of benzene rings is 3. The molecule has 0 amide bonds. The summed E-state index contributed by atoms with van der Waals surface area (Å²) in [6, 6.07) is 24.1. The van der Waals surface area contributed by atoms with Gasteiger partial charge in [-0.3, -0.25) is 10.2 Å². The van der Waals surface area contributed by atoms with E-state index in [-0.39, 0.29) is 10.7 Å². The Labute approximate surface area is 172 Å². The second kappa shape index (κ2) is 8.12. The van der Waals surface area contributed by atoms with E-state index in [0.717, 1.165) is 5.56 Å². The molecule has 2 N–H and O–H groups in total. The minimum absolute atomic E-state index is 0.237. The molecule has 0 fully saturated rings. The van der Waals surface area contributed by atoms with E-state index in [2.05, 4.69) is 15.7 Å². The molecule has 6 nitrogen and oxygen atoms in total. The van der Waals surface area contributed by atoms with E-state index in [0.29, 0.717) is 28.2 Å². The van der Waals surface area contributed by atoms with E-state index in [1.807, 2.05) is 72.8 Å². The zero-order chi connectivity index (χ0) is 20.2. The molecule has 0 bridgehead atoms. The zero-order valence-electron chi connectivity index (χ0n) is 15.6. The Kier molecular flexibility index (Phi) is 5.22. The third-order valence-corrected chi connectivity index (χ3v) is 4.57. The Morgan fingerprint density at radius 1 is 0.966 bits per heavy atom. The van der Waals surface area contributed by atoms with Crippen molar-refractivity contribution in [2.45, 2.75) is 0 Å². The molecule has 29 heavy (non-hydrogen) atoms. The molecule has 4 rings (SSSR count). The van der Waals surface area contributed by atoms with Crippen molar-refractivity contribution in [3.63, 3.8) is 0 Å². The standard InChI is InChI=1S/C22H18N4O2S/c1-28-19-14-8-7-13-18(19)24-22(29)25-26-20(15-9-3-2-4-10-15)23-17-12-6-5-11-16(17)21(26)27/h2-14H,1H3,(H2,24,25,29). The molecule has 3 aromatic carbocycles. The van der Waals surface area contributed by atoms with Gasteiger partial charge in [-0.05, 0) is 36.5 Å². The number of aromatic nitrogens is 2. The normalized spacial score (nSPS) is 10.5. The Bertz CT molecular complexity index is 1240. The highest BCUT2D eigenvalue weighted by Crippen LogP contribution is 2.23. The smallest absolute Gasteiger partial charge is 0.280 e. The van der Waals surface area contributed by atoms with Crippen LogP contribution in [0, 0.1) is 0 Å². The topological polar surface area (TPSA) is 68.2 Å². The third kappa shape index (κ3) is 3.81. The van der Waals surface area contributed by atoms with Crippen LogP contribution in [0.2, 0.25) is 0 Å². The number of thiocarbonyl (C=S) groups is 1. The molecule has 0 spiro atoms. The van der Waals surface area contributed by atoms with Crippen LogP contribution in [0.5, 0.6) is 5.75 Å². The molecule has 0 radical (unpaired) electrons. The lowest BCUT2D eigenvalue weighted by atomic mass is 10.2. The summed E-state index contributed by atoms with van der Waals surface area (Å²) in [7, 11) is 1.59. The fourth-order valence-electron chi connectivity index (χ4n) is 3.02. The minimum Gasteiger partial charge on any atom is -0.495 e. The molecular formula is C22H18N4O2S. The van der Waals surface area contributed by atoms with Crippen LogP contribution >= 0.6 is 12.2 Å². The van der Waals surface area contributed by atoms with Crippen LogP contribution in [0.25, 0.3) is 22.3 Å². The van der Waals surface area contributed by atoms with Gasteiger partial charge in [0.05, 0.1) is 23.7 Å². The zero-order valence-corrected chi connectivity index (χ0v) is 16.4. The Morgan fingerprint density at radius 3 is 2.45 bits per heavy atom. The van der Waals surface area contributed by atoms with Gasteiger partial charge in [-0.25, -0.2) is 4.98 Å².